The predicted octanol–water partition coefficient (Wildman–Crippen LogP) is 4.95. The van der Waals surface area contributed by atoms with E-state index < -0.39 is 6.04 Å². The van der Waals surface area contributed by atoms with E-state index in [1.165, 1.54) is 11.3 Å². The summed E-state index contributed by atoms with van der Waals surface area (Å²) in [5.74, 6) is -0.0266. The van der Waals surface area contributed by atoms with Gasteiger partial charge in [-0.1, -0.05) is 60.7 Å². The van der Waals surface area contributed by atoms with Gasteiger partial charge in [-0.25, -0.2) is 0 Å². The Hall–Kier alpha value is -3.15. The van der Waals surface area contributed by atoms with E-state index in [1.54, 1.807) is 0 Å². The Morgan fingerprint density at radius 3 is 2.45 bits per heavy atom. The molecular formula is C28H33N3O2. The average Bonchev–Trinajstić information content (AvgIpc) is 2.83. The maximum atomic E-state index is 13.6. The minimum atomic E-state index is -0.413. The minimum Gasteiger partial charge on any atom is -0.378 e. The van der Waals surface area contributed by atoms with Crippen LogP contribution >= 0.6 is 0 Å². The molecule has 172 valence electrons. The standard InChI is InChI=1S/C28H33N3O2/c1-21-13-14-22(2)25(19-21)29-28(32)27(23-9-5-4-6-10-23)30(3)20-24-11-7-8-12-26(24)31-15-17-33-18-16-31/h4-14,19,27H,15-18,20H2,1-3H3,(H,29,32). The summed E-state index contributed by atoms with van der Waals surface area (Å²) in [7, 11) is 2.02. The van der Waals surface area contributed by atoms with Crippen LogP contribution in [0, 0.1) is 13.8 Å². The zero-order valence-electron chi connectivity index (χ0n) is 19.8. The molecule has 0 saturated carbocycles. The van der Waals surface area contributed by atoms with Crippen LogP contribution < -0.4 is 10.2 Å². The van der Waals surface area contributed by atoms with Gasteiger partial charge in [0.15, 0.2) is 0 Å². The lowest BCUT2D eigenvalue weighted by Gasteiger charge is -2.33. The van der Waals surface area contributed by atoms with Crippen molar-refractivity contribution in [2.24, 2.45) is 0 Å². The molecule has 1 atom stereocenters. The number of ether oxygens (including phenoxy) is 1. The predicted molar refractivity (Wildman–Crippen MR) is 135 cm³/mol. The van der Waals surface area contributed by atoms with Crippen molar-refractivity contribution in [1.29, 1.82) is 0 Å². The molecule has 0 bridgehead atoms. The van der Waals surface area contributed by atoms with Gasteiger partial charge in [0.1, 0.15) is 6.04 Å². The molecule has 1 N–H and O–H groups in total. The second kappa shape index (κ2) is 10.6. The van der Waals surface area contributed by atoms with Crippen molar-refractivity contribution in [3.05, 3.63) is 95.1 Å². The number of nitrogens with zero attached hydrogens (tertiary/aromatic N) is 2. The largest absolute Gasteiger partial charge is 0.378 e. The smallest absolute Gasteiger partial charge is 0.246 e. The Morgan fingerprint density at radius 2 is 1.70 bits per heavy atom. The number of anilines is 2. The molecule has 5 heteroatoms. The number of carbonyl (C=O) groups excluding carboxylic acids is 1. The lowest BCUT2D eigenvalue weighted by atomic mass is 10.0. The van der Waals surface area contributed by atoms with Crippen LogP contribution in [0.15, 0.2) is 72.8 Å². The summed E-state index contributed by atoms with van der Waals surface area (Å²) in [5.41, 5.74) is 6.45. The number of rotatable bonds is 7. The van der Waals surface area contributed by atoms with Gasteiger partial charge in [-0.3, -0.25) is 9.69 Å². The number of carbonyl (C=O) groups is 1. The summed E-state index contributed by atoms with van der Waals surface area (Å²) in [6.45, 7) is 7.98. The van der Waals surface area contributed by atoms with E-state index in [-0.39, 0.29) is 5.91 Å². The van der Waals surface area contributed by atoms with Gasteiger partial charge in [0.05, 0.1) is 13.2 Å². The van der Waals surface area contributed by atoms with Gasteiger partial charge in [-0.05, 0) is 55.3 Å². The van der Waals surface area contributed by atoms with E-state index in [2.05, 4.69) is 45.4 Å². The first-order valence-electron chi connectivity index (χ1n) is 11.6. The number of morpholine rings is 1. The average molecular weight is 444 g/mol. The third kappa shape index (κ3) is 5.62. The number of benzene rings is 3. The van der Waals surface area contributed by atoms with E-state index in [0.717, 1.165) is 48.7 Å². The topological polar surface area (TPSA) is 44.8 Å². The molecule has 0 aliphatic carbocycles. The first-order chi connectivity index (χ1) is 16.0. The number of nitrogens with one attached hydrogen (secondary N) is 1. The molecule has 1 aliphatic rings. The van der Waals surface area contributed by atoms with Gasteiger partial charge in [0.25, 0.3) is 0 Å². The fraction of sp³-hybridized carbons (Fsp3) is 0.321. The molecule has 0 spiro atoms. The Bertz CT molecular complexity index is 1080. The summed E-state index contributed by atoms with van der Waals surface area (Å²) < 4.78 is 5.54. The second-order valence-electron chi connectivity index (χ2n) is 8.76. The molecule has 1 unspecified atom stereocenters. The molecule has 5 nitrogen and oxygen atoms in total. The summed E-state index contributed by atoms with van der Waals surface area (Å²) in [4.78, 5) is 18.1. The van der Waals surface area contributed by atoms with Gasteiger partial charge in [0.2, 0.25) is 5.91 Å². The number of likely N-dealkylation sites (N-methyl/N-ethyl adjacent to an activating group) is 1. The highest BCUT2D eigenvalue weighted by Gasteiger charge is 2.27. The first-order valence-corrected chi connectivity index (χ1v) is 11.6. The van der Waals surface area contributed by atoms with Gasteiger partial charge < -0.3 is 15.0 Å². The Morgan fingerprint density at radius 1 is 1.00 bits per heavy atom. The maximum Gasteiger partial charge on any atom is 0.246 e. The number of aryl methyl sites for hydroxylation is 2. The summed E-state index contributed by atoms with van der Waals surface area (Å²) in [6.07, 6.45) is 0. The van der Waals surface area contributed by atoms with Crippen molar-refractivity contribution in [3.63, 3.8) is 0 Å². The van der Waals surface area contributed by atoms with Crippen molar-refractivity contribution in [2.45, 2.75) is 26.4 Å². The Kier molecular flexibility index (Phi) is 7.43. The Balaban J connectivity index is 1.60. The summed E-state index contributed by atoms with van der Waals surface area (Å²) in [5, 5.41) is 3.19. The highest BCUT2D eigenvalue weighted by atomic mass is 16.5. The van der Waals surface area contributed by atoms with Gasteiger partial charge in [0, 0.05) is 31.0 Å². The zero-order valence-corrected chi connectivity index (χ0v) is 19.8. The second-order valence-corrected chi connectivity index (χ2v) is 8.76. The molecule has 0 radical (unpaired) electrons. The van der Waals surface area contributed by atoms with Crippen LogP contribution in [0.4, 0.5) is 11.4 Å². The molecule has 3 aromatic rings. The fourth-order valence-corrected chi connectivity index (χ4v) is 4.43. The van der Waals surface area contributed by atoms with Crippen LogP contribution in [0.5, 0.6) is 0 Å². The quantitative estimate of drug-likeness (QED) is 0.561. The van der Waals surface area contributed by atoms with Gasteiger partial charge in [-0.15, -0.1) is 0 Å². The molecule has 4 rings (SSSR count). The number of amides is 1. The van der Waals surface area contributed by atoms with E-state index in [0.29, 0.717) is 6.54 Å². The summed E-state index contributed by atoms with van der Waals surface area (Å²) in [6, 6.07) is 24.2. The molecule has 33 heavy (non-hydrogen) atoms. The van der Waals surface area contributed by atoms with E-state index >= 15 is 0 Å². The van der Waals surface area contributed by atoms with Crippen LogP contribution in [0.25, 0.3) is 0 Å². The summed E-state index contributed by atoms with van der Waals surface area (Å²) >= 11 is 0. The van der Waals surface area contributed by atoms with E-state index in [9.17, 15) is 4.79 Å². The lowest BCUT2D eigenvalue weighted by Crippen LogP contribution is -2.38. The highest BCUT2D eigenvalue weighted by molar-refractivity contribution is 5.96. The molecule has 1 aliphatic heterocycles. The van der Waals surface area contributed by atoms with Crippen LogP contribution in [0.2, 0.25) is 0 Å². The van der Waals surface area contributed by atoms with Gasteiger partial charge in [-0.2, -0.15) is 0 Å². The third-order valence-electron chi connectivity index (χ3n) is 6.22. The van der Waals surface area contributed by atoms with Crippen molar-refractivity contribution < 1.29 is 9.53 Å². The molecule has 1 saturated heterocycles. The number of hydrogen-bond acceptors (Lipinski definition) is 4. The van der Waals surface area contributed by atoms with E-state index in [4.69, 9.17) is 4.74 Å². The molecule has 1 amide bonds. The number of para-hydroxylation sites is 1. The zero-order chi connectivity index (χ0) is 23.2. The molecule has 1 heterocycles. The van der Waals surface area contributed by atoms with Crippen LogP contribution in [0.3, 0.4) is 0 Å². The number of hydrogen-bond donors (Lipinski definition) is 1. The maximum absolute atomic E-state index is 13.6. The van der Waals surface area contributed by atoms with E-state index in [1.807, 2.05) is 63.4 Å². The van der Waals surface area contributed by atoms with Crippen molar-refractivity contribution in [2.75, 3.05) is 43.6 Å². The molecular weight excluding hydrogens is 410 g/mol. The third-order valence-corrected chi connectivity index (χ3v) is 6.22. The van der Waals surface area contributed by atoms with Crippen LogP contribution in [0.1, 0.15) is 28.3 Å². The first kappa shape index (κ1) is 23.0. The monoisotopic (exact) mass is 443 g/mol. The molecule has 3 aromatic carbocycles. The lowest BCUT2D eigenvalue weighted by molar-refractivity contribution is -0.121. The van der Waals surface area contributed by atoms with Crippen molar-refractivity contribution in [1.82, 2.24) is 4.90 Å². The van der Waals surface area contributed by atoms with Crippen LogP contribution in [-0.4, -0.2) is 44.2 Å². The van der Waals surface area contributed by atoms with Crippen LogP contribution in [-0.2, 0) is 16.1 Å². The fourth-order valence-electron chi connectivity index (χ4n) is 4.43. The SMILES string of the molecule is Cc1ccc(C)c(NC(=O)C(c2ccccc2)N(C)Cc2ccccc2N2CCOCC2)c1. The van der Waals surface area contributed by atoms with Crippen molar-refractivity contribution >= 4 is 17.3 Å². The minimum absolute atomic E-state index is 0.0266. The van der Waals surface area contributed by atoms with Crippen molar-refractivity contribution in [3.8, 4) is 0 Å². The highest BCUT2D eigenvalue weighted by Crippen LogP contribution is 2.28. The molecule has 0 aromatic heterocycles. The Labute approximate surface area is 197 Å². The normalized spacial score (nSPS) is 14.8. The molecule has 1 fully saturated rings. The van der Waals surface area contributed by atoms with Gasteiger partial charge >= 0.3 is 0 Å².